The van der Waals surface area contributed by atoms with Crippen LogP contribution in [0.4, 0.5) is 10.5 Å². The van der Waals surface area contributed by atoms with E-state index in [0.717, 1.165) is 16.0 Å². The molecule has 0 spiro atoms. The summed E-state index contributed by atoms with van der Waals surface area (Å²) in [5.41, 5.74) is 2.45. The third-order valence-electron chi connectivity index (χ3n) is 4.87. The fourth-order valence-corrected chi connectivity index (χ4v) is 3.51. The third-order valence-corrected chi connectivity index (χ3v) is 4.87. The lowest BCUT2D eigenvalue weighted by Crippen LogP contribution is -2.54. The number of anilines is 1. The number of amides is 4. The minimum atomic E-state index is -1.07. The predicted molar refractivity (Wildman–Crippen MR) is 116 cm³/mol. The SMILES string of the molecule is Cc1cc(C)cc(N2C(=O)NC(=O)C(=Cc3ccc(-c4cccc(C(=O)O)c4)o3)C2=O)c1. The molecule has 0 radical (unpaired) electrons. The molecule has 0 aliphatic carbocycles. The van der Waals surface area contributed by atoms with Crippen LogP contribution < -0.4 is 10.2 Å². The molecule has 1 saturated heterocycles. The average Bonchev–Trinajstić information content (AvgIpc) is 3.19. The highest BCUT2D eigenvalue weighted by atomic mass is 16.4. The number of aromatic carboxylic acids is 1. The topological polar surface area (TPSA) is 117 Å². The molecule has 4 amide bonds. The zero-order valence-electron chi connectivity index (χ0n) is 17.2. The summed E-state index contributed by atoms with van der Waals surface area (Å²) < 4.78 is 5.70. The van der Waals surface area contributed by atoms with Gasteiger partial charge in [0.1, 0.15) is 17.1 Å². The fourth-order valence-electron chi connectivity index (χ4n) is 3.51. The number of imide groups is 2. The summed E-state index contributed by atoms with van der Waals surface area (Å²) in [5.74, 6) is -2.10. The molecule has 1 aliphatic heterocycles. The zero-order chi connectivity index (χ0) is 23.0. The van der Waals surface area contributed by atoms with E-state index in [1.807, 2.05) is 19.9 Å². The van der Waals surface area contributed by atoms with Crippen molar-refractivity contribution in [3.63, 3.8) is 0 Å². The summed E-state index contributed by atoms with van der Waals surface area (Å²) in [6, 6.07) is 13.8. The number of rotatable bonds is 4. The molecule has 3 aromatic rings. The van der Waals surface area contributed by atoms with Crippen molar-refractivity contribution >= 4 is 35.6 Å². The first-order chi connectivity index (χ1) is 15.2. The van der Waals surface area contributed by atoms with Gasteiger partial charge in [0.25, 0.3) is 11.8 Å². The van der Waals surface area contributed by atoms with Crippen molar-refractivity contribution in [1.29, 1.82) is 0 Å². The standard InChI is InChI=1S/C24H18N2O6/c1-13-8-14(2)10-17(9-13)26-22(28)19(21(27)25-24(26)31)12-18-6-7-20(32-18)15-4-3-5-16(11-15)23(29)30/h3-12H,1-2H3,(H,29,30)(H,25,27,31). The van der Waals surface area contributed by atoms with E-state index in [4.69, 9.17) is 9.52 Å². The number of carboxylic acid groups (broad SMARTS) is 1. The normalized spacial score (nSPS) is 15.2. The monoisotopic (exact) mass is 430 g/mol. The van der Waals surface area contributed by atoms with Crippen LogP contribution in [0, 0.1) is 13.8 Å². The lowest BCUT2D eigenvalue weighted by atomic mass is 10.1. The quantitative estimate of drug-likeness (QED) is 0.479. The van der Waals surface area contributed by atoms with Gasteiger partial charge in [-0.15, -0.1) is 0 Å². The fraction of sp³-hybridized carbons (Fsp3) is 0.0833. The van der Waals surface area contributed by atoms with Crippen molar-refractivity contribution in [1.82, 2.24) is 5.32 Å². The van der Waals surface area contributed by atoms with Gasteiger partial charge in [0.15, 0.2) is 0 Å². The molecule has 1 aliphatic rings. The maximum absolute atomic E-state index is 13.0. The Hall–Kier alpha value is -4.46. The van der Waals surface area contributed by atoms with Crippen molar-refractivity contribution < 1.29 is 28.7 Å². The number of urea groups is 1. The van der Waals surface area contributed by atoms with Crippen molar-refractivity contribution in [2.24, 2.45) is 0 Å². The number of carbonyl (C=O) groups excluding carboxylic acids is 3. The number of barbiturate groups is 1. The molecule has 8 nitrogen and oxygen atoms in total. The van der Waals surface area contributed by atoms with Crippen LogP contribution in [-0.4, -0.2) is 28.9 Å². The van der Waals surface area contributed by atoms with Crippen LogP contribution in [0.1, 0.15) is 27.2 Å². The van der Waals surface area contributed by atoms with Crippen molar-refractivity contribution in [3.8, 4) is 11.3 Å². The molecule has 160 valence electrons. The van der Waals surface area contributed by atoms with E-state index in [1.165, 1.54) is 18.2 Å². The molecule has 2 N–H and O–H groups in total. The van der Waals surface area contributed by atoms with E-state index in [1.54, 1.807) is 36.4 Å². The number of aryl methyl sites for hydroxylation is 2. The van der Waals surface area contributed by atoms with Crippen LogP contribution in [-0.2, 0) is 9.59 Å². The number of nitrogens with zero attached hydrogens (tertiary/aromatic N) is 1. The van der Waals surface area contributed by atoms with Gasteiger partial charge in [0, 0.05) is 5.56 Å². The van der Waals surface area contributed by atoms with E-state index in [0.29, 0.717) is 17.0 Å². The Morgan fingerprint density at radius 1 is 1.00 bits per heavy atom. The van der Waals surface area contributed by atoms with Gasteiger partial charge in [-0.25, -0.2) is 14.5 Å². The molecule has 0 atom stereocenters. The second kappa shape index (κ2) is 7.99. The molecule has 8 heteroatoms. The summed E-state index contributed by atoms with van der Waals surface area (Å²) in [5, 5.41) is 11.3. The molecule has 2 aromatic carbocycles. The predicted octanol–water partition coefficient (Wildman–Crippen LogP) is 3.93. The summed E-state index contributed by atoms with van der Waals surface area (Å²) in [4.78, 5) is 49.9. The highest BCUT2D eigenvalue weighted by Gasteiger charge is 2.37. The number of carboxylic acids is 1. The van der Waals surface area contributed by atoms with Crippen LogP contribution in [0.2, 0.25) is 0 Å². The molecule has 0 unspecified atom stereocenters. The largest absolute Gasteiger partial charge is 0.478 e. The van der Waals surface area contributed by atoms with Crippen LogP contribution in [0.3, 0.4) is 0 Å². The van der Waals surface area contributed by atoms with Gasteiger partial charge in [-0.2, -0.15) is 0 Å². The molecule has 1 fully saturated rings. The Balaban J connectivity index is 1.68. The van der Waals surface area contributed by atoms with E-state index in [9.17, 15) is 19.2 Å². The number of hydrogen-bond acceptors (Lipinski definition) is 5. The van der Waals surface area contributed by atoms with E-state index < -0.39 is 23.8 Å². The van der Waals surface area contributed by atoms with Crippen LogP contribution >= 0.6 is 0 Å². The van der Waals surface area contributed by atoms with Gasteiger partial charge < -0.3 is 9.52 Å². The summed E-state index contributed by atoms with van der Waals surface area (Å²) >= 11 is 0. The molecule has 0 bridgehead atoms. The Bertz CT molecular complexity index is 1300. The Morgan fingerprint density at radius 3 is 2.41 bits per heavy atom. The molecular weight excluding hydrogens is 412 g/mol. The highest BCUT2D eigenvalue weighted by Crippen LogP contribution is 2.27. The van der Waals surface area contributed by atoms with Crippen molar-refractivity contribution in [3.05, 3.63) is 82.6 Å². The second-order valence-corrected chi connectivity index (χ2v) is 7.39. The summed E-state index contributed by atoms with van der Waals surface area (Å²) in [6.07, 6.45) is 1.25. The average molecular weight is 430 g/mol. The minimum absolute atomic E-state index is 0.100. The number of benzene rings is 2. The molecule has 32 heavy (non-hydrogen) atoms. The van der Waals surface area contributed by atoms with Crippen LogP contribution in [0.15, 0.2) is 64.6 Å². The maximum atomic E-state index is 13.0. The number of carbonyl (C=O) groups is 4. The lowest BCUT2D eigenvalue weighted by Gasteiger charge is -2.26. The Kier molecular flexibility index (Phi) is 5.19. The van der Waals surface area contributed by atoms with E-state index in [2.05, 4.69) is 5.32 Å². The number of nitrogens with one attached hydrogen (secondary N) is 1. The van der Waals surface area contributed by atoms with Gasteiger partial charge in [-0.1, -0.05) is 18.2 Å². The molecule has 2 heterocycles. The van der Waals surface area contributed by atoms with Gasteiger partial charge >= 0.3 is 12.0 Å². The smallest absolute Gasteiger partial charge is 0.335 e. The number of furan rings is 1. The highest BCUT2D eigenvalue weighted by molar-refractivity contribution is 6.39. The van der Waals surface area contributed by atoms with Crippen LogP contribution in [0.25, 0.3) is 17.4 Å². The number of hydrogen-bond donors (Lipinski definition) is 2. The molecule has 1 aromatic heterocycles. The van der Waals surface area contributed by atoms with E-state index in [-0.39, 0.29) is 16.9 Å². The second-order valence-electron chi connectivity index (χ2n) is 7.39. The van der Waals surface area contributed by atoms with Gasteiger partial charge in [-0.05, 0) is 67.4 Å². The molecule has 0 saturated carbocycles. The lowest BCUT2D eigenvalue weighted by molar-refractivity contribution is -0.122. The zero-order valence-corrected chi connectivity index (χ0v) is 17.2. The van der Waals surface area contributed by atoms with Gasteiger partial charge in [0.05, 0.1) is 11.3 Å². The summed E-state index contributed by atoms with van der Waals surface area (Å²) in [6.45, 7) is 3.68. The maximum Gasteiger partial charge on any atom is 0.335 e. The minimum Gasteiger partial charge on any atom is -0.478 e. The Morgan fingerprint density at radius 2 is 1.72 bits per heavy atom. The van der Waals surface area contributed by atoms with Crippen LogP contribution in [0.5, 0.6) is 0 Å². The molecular formula is C24H18N2O6. The third kappa shape index (κ3) is 3.93. The first-order valence-electron chi connectivity index (χ1n) is 9.66. The Labute approximate surface area is 182 Å². The first-order valence-corrected chi connectivity index (χ1v) is 9.66. The van der Waals surface area contributed by atoms with Gasteiger partial charge in [0.2, 0.25) is 0 Å². The van der Waals surface area contributed by atoms with E-state index >= 15 is 0 Å². The van der Waals surface area contributed by atoms with Crippen molar-refractivity contribution in [2.45, 2.75) is 13.8 Å². The van der Waals surface area contributed by atoms with Crippen molar-refractivity contribution in [2.75, 3.05) is 4.90 Å². The first kappa shape index (κ1) is 20.8. The molecule has 4 rings (SSSR count). The summed E-state index contributed by atoms with van der Waals surface area (Å²) in [7, 11) is 0. The van der Waals surface area contributed by atoms with Gasteiger partial charge in [-0.3, -0.25) is 14.9 Å².